The van der Waals surface area contributed by atoms with Gasteiger partial charge in [0.25, 0.3) is 0 Å². The van der Waals surface area contributed by atoms with E-state index < -0.39 is 5.97 Å². The normalized spacial score (nSPS) is 12.1. The van der Waals surface area contributed by atoms with Crippen LogP contribution in [0.15, 0.2) is 6.07 Å². The molecule has 0 atom stereocenters. The molecule has 0 aliphatic heterocycles. The van der Waals surface area contributed by atoms with Crippen molar-refractivity contribution in [3.8, 4) is 0 Å². The van der Waals surface area contributed by atoms with Crippen LogP contribution < -0.4 is 0 Å². The molecule has 1 N–H and O–H groups in total. The highest BCUT2D eigenvalue weighted by Gasteiger charge is 2.22. The fraction of sp³-hybridized carbons (Fsp3) is 0.615. The molecule has 1 heterocycles. The highest BCUT2D eigenvalue weighted by Crippen LogP contribution is 2.26. The molecular weight excluding hydrogens is 234 g/mol. The van der Waals surface area contributed by atoms with Crippen molar-refractivity contribution < 1.29 is 9.90 Å². The van der Waals surface area contributed by atoms with Gasteiger partial charge in [0.2, 0.25) is 0 Å². The summed E-state index contributed by atoms with van der Waals surface area (Å²) in [6, 6.07) is 1.80. The van der Waals surface area contributed by atoms with Gasteiger partial charge >= 0.3 is 5.97 Å². The first-order valence-electron chi connectivity index (χ1n) is 5.81. The maximum absolute atomic E-state index is 10.9. The second-order valence-corrected chi connectivity index (χ2v) is 6.28. The summed E-state index contributed by atoms with van der Waals surface area (Å²) >= 11 is 1.36. The van der Waals surface area contributed by atoms with E-state index in [1.165, 1.54) is 11.3 Å². The van der Waals surface area contributed by atoms with Crippen LogP contribution in [-0.2, 0) is 6.54 Å². The quantitative estimate of drug-likeness (QED) is 0.877. The van der Waals surface area contributed by atoms with E-state index in [4.69, 9.17) is 5.11 Å². The summed E-state index contributed by atoms with van der Waals surface area (Å²) in [5, 5.41) is 8.96. The SMILES string of the molecule is CCC(C)(C)N(C)Cc1cc(C(=O)O)sc1C. The van der Waals surface area contributed by atoms with Crippen LogP contribution >= 0.6 is 11.3 Å². The van der Waals surface area contributed by atoms with Crippen molar-refractivity contribution in [2.24, 2.45) is 0 Å². The van der Waals surface area contributed by atoms with Crippen LogP contribution in [0, 0.1) is 6.92 Å². The Bertz CT molecular complexity index is 410. The summed E-state index contributed by atoms with van der Waals surface area (Å²) in [5.41, 5.74) is 1.26. The second-order valence-electron chi connectivity index (χ2n) is 5.02. The summed E-state index contributed by atoms with van der Waals surface area (Å²) < 4.78 is 0. The molecule has 96 valence electrons. The molecule has 1 aromatic rings. The summed E-state index contributed by atoms with van der Waals surface area (Å²) in [7, 11) is 2.08. The van der Waals surface area contributed by atoms with Crippen molar-refractivity contribution in [3.05, 3.63) is 21.4 Å². The minimum Gasteiger partial charge on any atom is -0.477 e. The third-order valence-electron chi connectivity index (χ3n) is 3.54. The average Bonchev–Trinajstić information content (AvgIpc) is 2.60. The van der Waals surface area contributed by atoms with Crippen molar-refractivity contribution in [1.82, 2.24) is 4.90 Å². The first-order chi connectivity index (χ1) is 7.77. The number of hydrogen-bond donors (Lipinski definition) is 1. The lowest BCUT2D eigenvalue weighted by molar-refractivity contribution is 0.0702. The minimum atomic E-state index is -0.832. The van der Waals surface area contributed by atoms with Crippen molar-refractivity contribution in [2.45, 2.75) is 46.2 Å². The van der Waals surface area contributed by atoms with Crippen LogP contribution in [0.25, 0.3) is 0 Å². The fourth-order valence-corrected chi connectivity index (χ4v) is 2.39. The second kappa shape index (κ2) is 5.19. The van der Waals surface area contributed by atoms with Gasteiger partial charge in [-0.1, -0.05) is 6.92 Å². The standard InChI is InChI=1S/C13H21NO2S/c1-6-13(3,4)14(5)8-10-7-11(12(15)16)17-9(10)2/h7H,6,8H2,1-5H3,(H,15,16). The predicted octanol–water partition coefficient (Wildman–Crippen LogP) is 3.38. The first-order valence-corrected chi connectivity index (χ1v) is 6.63. The van der Waals surface area contributed by atoms with E-state index in [0.29, 0.717) is 4.88 Å². The van der Waals surface area contributed by atoms with Gasteiger partial charge in [0.15, 0.2) is 0 Å². The topological polar surface area (TPSA) is 40.5 Å². The average molecular weight is 255 g/mol. The van der Waals surface area contributed by atoms with E-state index in [1.807, 2.05) is 6.92 Å². The Hall–Kier alpha value is -0.870. The molecule has 0 unspecified atom stereocenters. The van der Waals surface area contributed by atoms with Gasteiger partial charge in [-0.15, -0.1) is 11.3 Å². The minimum absolute atomic E-state index is 0.137. The van der Waals surface area contributed by atoms with Crippen LogP contribution in [0.2, 0.25) is 0 Å². The molecule has 0 aliphatic rings. The maximum Gasteiger partial charge on any atom is 0.345 e. The van der Waals surface area contributed by atoms with Crippen LogP contribution in [0.5, 0.6) is 0 Å². The van der Waals surface area contributed by atoms with Crippen LogP contribution in [0.3, 0.4) is 0 Å². The summed E-state index contributed by atoms with van der Waals surface area (Å²) in [6.07, 6.45) is 1.07. The van der Waals surface area contributed by atoms with E-state index in [-0.39, 0.29) is 5.54 Å². The monoisotopic (exact) mass is 255 g/mol. The van der Waals surface area contributed by atoms with E-state index in [0.717, 1.165) is 23.4 Å². The molecule has 0 amide bonds. The van der Waals surface area contributed by atoms with Gasteiger partial charge in [-0.25, -0.2) is 4.79 Å². The number of nitrogens with zero attached hydrogens (tertiary/aromatic N) is 1. The Morgan fingerprint density at radius 2 is 2.12 bits per heavy atom. The van der Waals surface area contributed by atoms with Gasteiger partial charge in [-0.3, -0.25) is 4.90 Å². The predicted molar refractivity (Wildman–Crippen MR) is 71.9 cm³/mol. The molecule has 17 heavy (non-hydrogen) atoms. The Morgan fingerprint density at radius 3 is 2.53 bits per heavy atom. The first kappa shape index (κ1) is 14.2. The number of carbonyl (C=O) groups is 1. The number of carboxylic acids is 1. The number of rotatable bonds is 5. The number of aromatic carboxylic acids is 1. The van der Waals surface area contributed by atoms with Gasteiger partial charge in [-0.2, -0.15) is 0 Å². The molecule has 4 heteroatoms. The molecule has 1 aromatic heterocycles. The molecule has 0 aromatic carbocycles. The summed E-state index contributed by atoms with van der Waals surface area (Å²) in [5.74, 6) is -0.832. The molecule has 0 spiro atoms. The smallest absolute Gasteiger partial charge is 0.345 e. The third kappa shape index (κ3) is 3.30. The zero-order chi connectivity index (χ0) is 13.2. The maximum atomic E-state index is 10.9. The van der Waals surface area contributed by atoms with Crippen molar-refractivity contribution in [3.63, 3.8) is 0 Å². The third-order valence-corrected chi connectivity index (χ3v) is 4.62. The van der Waals surface area contributed by atoms with E-state index >= 15 is 0 Å². The summed E-state index contributed by atoms with van der Waals surface area (Å²) in [4.78, 5) is 14.7. The molecule has 1 rings (SSSR count). The number of hydrogen-bond acceptors (Lipinski definition) is 3. The molecule has 0 bridgehead atoms. The molecule has 0 radical (unpaired) electrons. The van der Waals surface area contributed by atoms with E-state index in [9.17, 15) is 4.79 Å². The van der Waals surface area contributed by atoms with Crippen LogP contribution in [0.4, 0.5) is 0 Å². The highest BCUT2D eigenvalue weighted by atomic mass is 32.1. The molecular formula is C13H21NO2S. The number of aryl methyl sites for hydroxylation is 1. The Balaban J connectivity index is 2.85. The lowest BCUT2D eigenvalue weighted by Gasteiger charge is -2.34. The van der Waals surface area contributed by atoms with Crippen LogP contribution in [-0.4, -0.2) is 28.6 Å². The molecule has 0 saturated carbocycles. The van der Waals surface area contributed by atoms with Gasteiger partial charge in [0, 0.05) is 17.0 Å². The Labute approximate surface area is 107 Å². The van der Waals surface area contributed by atoms with Gasteiger partial charge in [0.1, 0.15) is 4.88 Å². The zero-order valence-electron chi connectivity index (χ0n) is 11.2. The van der Waals surface area contributed by atoms with Gasteiger partial charge in [-0.05, 0) is 45.9 Å². The lowest BCUT2D eigenvalue weighted by atomic mass is 9.99. The highest BCUT2D eigenvalue weighted by molar-refractivity contribution is 7.14. The van der Waals surface area contributed by atoms with Crippen LogP contribution in [0.1, 0.15) is 47.3 Å². The van der Waals surface area contributed by atoms with Gasteiger partial charge in [0.05, 0.1) is 0 Å². The fourth-order valence-electron chi connectivity index (χ4n) is 1.52. The lowest BCUT2D eigenvalue weighted by Crippen LogP contribution is -2.39. The van der Waals surface area contributed by atoms with Crippen molar-refractivity contribution >= 4 is 17.3 Å². The Morgan fingerprint density at radius 1 is 1.53 bits per heavy atom. The van der Waals surface area contributed by atoms with Gasteiger partial charge < -0.3 is 5.11 Å². The zero-order valence-corrected chi connectivity index (χ0v) is 12.0. The molecule has 0 aliphatic carbocycles. The van der Waals surface area contributed by atoms with E-state index in [1.54, 1.807) is 6.07 Å². The molecule has 0 saturated heterocycles. The Kier molecular flexibility index (Phi) is 4.33. The van der Waals surface area contributed by atoms with Crippen molar-refractivity contribution in [1.29, 1.82) is 0 Å². The molecule has 3 nitrogen and oxygen atoms in total. The van der Waals surface area contributed by atoms with E-state index in [2.05, 4.69) is 32.7 Å². The number of thiophene rings is 1. The largest absolute Gasteiger partial charge is 0.477 e. The number of carboxylic acid groups (broad SMARTS) is 1. The summed E-state index contributed by atoms with van der Waals surface area (Å²) in [6.45, 7) is 9.36. The van der Waals surface area contributed by atoms with Crippen molar-refractivity contribution in [2.75, 3.05) is 7.05 Å². The molecule has 0 fully saturated rings.